The summed E-state index contributed by atoms with van der Waals surface area (Å²) in [5, 5.41) is 2.22. The van der Waals surface area contributed by atoms with E-state index in [-0.39, 0.29) is 24.1 Å². The highest BCUT2D eigenvalue weighted by Gasteiger charge is 2.37. The normalized spacial score (nSPS) is 18.9. The zero-order valence-electron chi connectivity index (χ0n) is 10.2. The molecule has 5 nitrogen and oxygen atoms in total. The Morgan fingerprint density at radius 2 is 2.22 bits per heavy atom. The largest absolute Gasteiger partial charge is 0.326 e. The predicted molar refractivity (Wildman–Crippen MR) is 67.3 cm³/mol. The molecular weight excluding hydrogens is 252 g/mol. The minimum Gasteiger partial charge on any atom is -0.326 e. The number of rotatable bonds is 3. The minimum atomic E-state index is -0.669. The van der Waals surface area contributed by atoms with E-state index in [4.69, 9.17) is 0 Å². The van der Waals surface area contributed by atoms with E-state index in [0.717, 1.165) is 4.88 Å². The average molecular weight is 266 g/mol. The lowest BCUT2D eigenvalue weighted by Crippen LogP contribution is -2.44. The molecule has 0 saturated carbocycles. The summed E-state index contributed by atoms with van der Waals surface area (Å²) in [4.78, 5) is 38.1. The summed E-state index contributed by atoms with van der Waals surface area (Å²) in [5.74, 6) is -0.896. The lowest BCUT2D eigenvalue weighted by Gasteiger charge is -2.24. The molecule has 18 heavy (non-hydrogen) atoms. The van der Waals surface area contributed by atoms with Crippen LogP contribution in [0.15, 0.2) is 12.1 Å². The van der Waals surface area contributed by atoms with Gasteiger partial charge in [0.15, 0.2) is 0 Å². The molecule has 96 valence electrons. The Balaban J connectivity index is 2.21. The number of hydrogen-bond acceptors (Lipinski definition) is 4. The molecule has 0 bridgehead atoms. The fourth-order valence-corrected chi connectivity index (χ4v) is 2.81. The lowest BCUT2D eigenvalue weighted by molar-refractivity contribution is -0.126. The number of carbonyl (C=O) groups is 3. The zero-order valence-corrected chi connectivity index (χ0v) is 11.0. The maximum atomic E-state index is 12.3. The molecule has 2 rings (SSSR count). The monoisotopic (exact) mass is 266 g/mol. The number of thiophene rings is 1. The van der Waals surface area contributed by atoms with E-state index in [2.05, 4.69) is 5.32 Å². The maximum Gasteiger partial charge on any atom is 0.264 e. The Labute approximate surface area is 109 Å². The van der Waals surface area contributed by atoms with Crippen LogP contribution in [0, 0.1) is 6.92 Å². The third kappa shape index (κ3) is 2.28. The quantitative estimate of drug-likeness (QED) is 0.828. The summed E-state index contributed by atoms with van der Waals surface area (Å²) in [5.41, 5.74) is 0. The van der Waals surface area contributed by atoms with E-state index < -0.39 is 6.04 Å². The summed E-state index contributed by atoms with van der Waals surface area (Å²) < 4.78 is 0. The fraction of sp³-hybridized carbons (Fsp3) is 0.417. The van der Waals surface area contributed by atoms with Gasteiger partial charge in [0.05, 0.1) is 11.3 Å². The standard InChI is InChI=1S/C12H14N2O3S/c1-3-14(8-6-10(15)13-11(8)16)12(17)9-5-4-7(2)18-9/h4-5,8H,3,6H2,1-2H3,(H,13,15,16)/t8-/m1/s1. The number of likely N-dealkylation sites (N-methyl/N-ethyl adjacent to an activating group) is 1. The Morgan fingerprint density at radius 3 is 2.67 bits per heavy atom. The fourth-order valence-electron chi connectivity index (χ4n) is 1.99. The zero-order chi connectivity index (χ0) is 13.3. The van der Waals surface area contributed by atoms with Gasteiger partial charge in [0.2, 0.25) is 11.8 Å². The Morgan fingerprint density at radius 1 is 1.50 bits per heavy atom. The van der Waals surface area contributed by atoms with E-state index in [1.54, 1.807) is 13.0 Å². The summed E-state index contributed by atoms with van der Waals surface area (Å²) in [6, 6.07) is 2.95. The first-order chi connectivity index (χ1) is 8.52. The van der Waals surface area contributed by atoms with Crippen LogP contribution < -0.4 is 5.32 Å². The van der Waals surface area contributed by atoms with E-state index >= 15 is 0 Å². The smallest absolute Gasteiger partial charge is 0.264 e. The van der Waals surface area contributed by atoms with Crippen LogP contribution >= 0.6 is 11.3 Å². The number of aryl methyl sites for hydroxylation is 1. The van der Waals surface area contributed by atoms with Gasteiger partial charge in [0.25, 0.3) is 5.91 Å². The Hall–Kier alpha value is -1.69. The van der Waals surface area contributed by atoms with Gasteiger partial charge in [-0.05, 0) is 26.0 Å². The van der Waals surface area contributed by atoms with E-state index in [9.17, 15) is 14.4 Å². The van der Waals surface area contributed by atoms with Crippen molar-refractivity contribution < 1.29 is 14.4 Å². The molecule has 6 heteroatoms. The molecule has 1 N–H and O–H groups in total. The van der Waals surface area contributed by atoms with Crippen molar-refractivity contribution in [2.24, 2.45) is 0 Å². The first kappa shape index (κ1) is 12.8. The third-order valence-corrected chi connectivity index (χ3v) is 3.86. The van der Waals surface area contributed by atoms with Crippen molar-refractivity contribution in [1.29, 1.82) is 0 Å². The number of imide groups is 1. The van der Waals surface area contributed by atoms with E-state index in [1.165, 1.54) is 16.2 Å². The molecule has 2 heterocycles. The Bertz CT molecular complexity index is 509. The van der Waals surface area contributed by atoms with E-state index in [1.807, 2.05) is 13.0 Å². The molecular formula is C12H14N2O3S. The van der Waals surface area contributed by atoms with Crippen molar-refractivity contribution >= 4 is 29.1 Å². The van der Waals surface area contributed by atoms with Gasteiger partial charge in [-0.1, -0.05) is 0 Å². The second kappa shape index (κ2) is 4.89. The predicted octanol–water partition coefficient (Wildman–Crippen LogP) is 0.934. The van der Waals surface area contributed by atoms with Crippen LogP contribution in [0.2, 0.25) is 0 Å². The van der Waals surface area contributed by atoms with Crippen LogP contribution in [0.1, 0.15) is 27.9 Å². The van der Waals surface area contributed by atoms with Crippen molar-refractivity contribution in [2.45, 2.75) is 26.3 Å². The summed E-state index contributed by atoms with van der Waals surface area (Å²) in [6.45, 7) is 4.12. The molecule has 1 saturated heterocycles. The van der Waals surface area contributed by atoms with Crippen LogP contribution in [0.4, 0.5) is 0 Å². The molecule has 3 amide bonds. The number of nitrogens with zero attached hydrogens (tertiary/aromatic N) is 1. The van der Waals surface area contributed by atoms with Crippen LogP contribution in [-0.2, 0) is 9.59 Å². The maximum absolute atomic E-state index is 12.3. The second-order valence-electron chi connectivity index (χ2n) is 4.13. The highest BCUT2D eigenvalue weighted by Crippen LogP contribution is 2.20. The molecule has 1 aliphatic heterocycles. The van der Waals surface area contributed by atoms with Gasteiger partial charge >= 0.3 is 0 Å². The molecule has 0 unspecified atom stereocenters. The molecule has 0 spiro atoms. The molecule has 1 aliphatic rings. The SMILES string of the molecule is CCN(C(=O)c1ccc(C)s1)[C@@H]1CC(=O)NC1=O. The molecule has 0 aliphatic carbocycles. The van der Waals surface area contributed by atoms with Gasteiger partial charge in [0, 0.05) is 11.4 Å². The highest BCUT2D eigenvalue weighted by molar-refractivity contribution is 7.13. The molecule has 0 aromatic carbocycles. The topological polar surface area (TPSA) is 66.5 Å². The van der Waals surface area contributed by atoms with Gasteiger partial charge in [-0.15, -0.1) is 11.3 Å². The number of carbonyl (C=O) groups excluding carboxylic acids is 3. The van der Waals surface area contributed by atoms with Crippen molar-refractivity contribution in [2.75, 3.05) is 6.54 Å². The Kier molecular flexibility index (Phi) is 3.47. The number of nitrogens with one attached hydrogen (secondary N) is 1. The molecule has 1 fully saturated rings. The average Bonchev–Trinajstić information content (AvgIpc) is 2.87. The summed E-state index contributed by atoms with van der Waals surface area (Å²) in [7, 11) is 0. The van der Waals surface area contributed by atoms with Crippen molar-refractivity contribution in [3.05, 3.63) is 21.9 Å². The van der Waals surface area contributed by atoms with Crippen LogP contribution in [0.25, 0.3) is 0 Å². The van der Waals surface area contributed by atoms with Crippen LogP contribution in [0.3, 0.4) is 0 Å². The number of amides is 3. The van der Waals surface area contributed by atoms with Gasteiger partial charge in [-0.25, -0.2) is 0 Å². The van der Waals surface area contributed by atoms with Crippen LogP contribution in [0.5, 0.6) is 0 Å². The molecule has 0 radical (unpaired) electrons. The minimum absolute atomic E-state index is 0.0583. The van der Waals surface area contributed by atoms with Crippen molar-refractivity contribution in [3.8, 4) is 0 Å². The second-order valence-corrected chi connectivity index (χ2v) is 5.42. The first-order valence-corrected chi connectivity index (χ1v) is 6.55. The molecule has 1 atom stereocenters. The third-order valence-electron chi connectivity index (χ3n) is 2.87. The summed E-state index contributed by atoms with van der Waals surface area (Å²) >= 11 is 1.39. The van der Waals surface area contributed by atoms with Crippen molar-refractivity contribution in [3.63, 3.8) is 0 Å². The molecule has 1 aromatic rings. The van der Waals surface area contributed by atoms with E-state index in [0.29, 0.717) is 11.4 Å². The van der Waals surface area contributed by atoms with Gasteiger partial charge in [0.1, 0.15) is 6.04 Å². The van der Waals surface area contributed by atoms with Crippen molar-refractivity contribution in [1.82, 2.24) is 10.2 Å². The first-order valence-electron chi connectivity index (χ1n) is 5.74. The van der Waals surface area contributed by atoms with Gasteiger partial charge in [-0.3, -0.25) is 19.7 Å². The van der Waals surface area contributed by atoms with Gasteiger partial charge < -0.3 is 4.90 Å². The lowest BCUT2D eigenvalue weighted by atomic mass is 10.2. The number of hydrogen-bond donors (Lipinski definition) is 1. The van der Waals surface area contributed by atoms with Crippen LogP contribution in [-0.4, -0.2) is 35.2 Å². The summed E-state index contributed by atoms with van der Waals surface area (Å²) in [6.07, 6.45) is 0.0583. The molecule has 1 aromatic heterocycles. The highest BCUT2D eigenvalue weighted by atomic mass is 32.1. The van der Waals surface area contributed by atoms with Gasteiger partial charge in [-0.2, -0.15) is 0 Å².